The van der Waals surface area contributed by atoms with Crippen molar-refractivity contribution < 1.29 is 23.9 Å². The fraction of sp³-hybridized carbons (Fsp3) is 0.233. The first-order valence-electron chi connectivity index (χ1n) is 16.7. The summed E-state index contributed by atoms with van der Waals surface area (Å²) in [6, 6.07) is 37.7. The zero-order chi connectivity index (χ0) is 32.5. The smallest absolute Gasteiger partial charge is 0.334 e. The molecule has 0 heterocycles. The standard InChI is InChI=1S/C43H32O5/c1-47-39(44)33-29-21-22-30(34(33)40(45)48-2)32-31(29)37-38(32)43(24-15-7-4-8-16-24)36-28-20-12-10-18-26(28)25-17-9-11-19-27(25)35(36)42(37,41(43)46)23-13-5-3-6-14-23/h3-22,29-32,37-38H,1-2H3/t29-,30-,31-,32+,37+,38+,42-,43-/m0/s1. The molecule has 5 heteroatoms. The summed E-state index contributed by atoms with van der Waals surface area (Å²) in [6.45, 7) is 0. The van der Waals surface area contributed by atoms with Crippen LogP contribution < -0.4 is 0 Å². The average Bonchev–Trinajstić information content (AvgIpc) is 3.49. The third kappa shape index (κ3) is 2.86. The maximum atomic E-state index is 16.3. The number of fused-ring (bicyclic) bond motifs is 13. The Morgan fingerprint density at radius 2 is 0.875 bits per heavy atom. The van der Waals surface area contributed by atoms with Crippen molar-refractivity contribution >= 4 is 39.3 Å². The van der Waals surface area contributed by atoms with Crippen LogP contribution in [0.4, 0.5) is 0 Å². The van der Waals surface area contributed by atoms with E-state index < -0.39 is 22.8 Å². The Hall–Kier alpha value is -5.29. The van der Waals surface area contributed by atoms with Gasteiger partial charge in [0.05, 0.1) is 36.2 Å². The highest BCUT2D eigenvalue weighted by molar-refractivity contribution is 6.23. The number of methoxy groups -OCH3 is 2. The summed E-state index contributed by atoms with van der Waals surface area (Å²) in [5.41, 5.74) is 2.99. The molecule has 0 aliphatic heterocycles. The van der Waals surface area contributed by atoms with Gasteiger partial charge in [0.1, 0.15) is 0 Å². The predicted octanol–water partition coefficient (Wildman–Crippen LogP) is 7.10. The number of carbonyl (C=O) groups excluding carboxylic acids is 3. The van der Waals surface area contributed by atoms with Crippen LogP contribution in [0.3, 0.4) is 0 Å². The summed E-state index contributed by atoms with van der Waals surface area (Å²) < 4.78 is 10.6. The number of hydrogen-bond donors (Lipinski definition) is 0. The van der Waals surface area contributed by atoms with Crippen molar-refractivity contribution in [1.82, 2.24) is 0 Å². The van der Waals surface area contributed by atoms with Crippen LogP contribution in [0, 0.1) is 35.5 Å². The number of carbonyl (C=O) groups is 3. The Bertz CT molecular complexity index is 2160. The van der Waals surface area contributed by atoms with Crippen molar-refractivity contribution in [2.24, 2.45) is 35.5 Å². The lowest BCUT2D eigenvalue weighted by Crippen LogP contribution is -2.65. The van der Waals surface area contributed by atoms with Crippen molar-refractivity contribution in [1.29, 1.82) is 0 Å². The molecule has 4 bridgehead atoms. The Morgan fingerprint density at radius 3 is 1.25 bits per heavy atom. The third-order valence-corrected chi connectivity index (χ3v) is 12.7. The minimum atomic E-state index is -0.972. The molecule has 234 valence electrons. The molecule has 6 aliphatic carbocycles. The van der Waals surface area contributed by atoms with E-state index in [0.29, 0.717) is 11.1 Å². The molecule has 0 radical (unpaired) electrons. The molecule has 0 saturated heterocycles. The van der Waals surface area contributed by atoms with E-state index in [1.165, 1.54) is 14.2 Å². The van der Waals surface area contributed by atoms with Gasteiger partial charge in [-0.05, 0) is 67.5 Å². The van der Waals surface area contributed by atoms with Crippen LogP contribution in [0.1, 0.15) is 22.3 Å². The van der Waals surface area contributed by atoms with E-state index in [1.54, 1.807) is 0 Å². The number of allylic oxidation sites excluding steroid dienone is 2. The molecule has 2 fully saturated rings. The van der Waals surface area contributed by atoms with Gasteiger partial charge in [-0.3, -0.25) is 4.79 Å². The summed E-state index contributed by atoms with van der Waals surface area (Å²) >= 11 is 0. The molecular weight excluding hydrogens is 596 g/mol. The van der Waals surface area contributed by atoms with Gasteiger partial charge in [0.25, 0.3) is 0 Å². The van der Waals surface area contributed by atoms with E-state index in [0.717, 1.165) is 43.8 Å². The minimum Gasteiger partial charge on any atom is -0.466 e. The molecule has 0 amide bonds. The SMILES string of the molecule is COC(=O)C1=C(C(=O)OC)[C@H]2C=C[C@H]1[C@@H]1[C@H]2[C@@H]2[C@@H]1[C@@]1(c3ccccc3)C(=O)[C@@]2(c2ccccc2)c2c1c1ccccc1c1ccccc21. The number of esters is 2. The molecule has 48 heavy (non-hydrogen) atoms. The highest BCUT2D eigenvalue weighted by Crippen LogP contribution is 2.82. The van der Waals surface area contributed by atoms with Crippen LogP contribution in [0.15, 0.2) is 132 Å². The summed E-state index contributed by atoms with van der Waals surface area (Å²) in [5, 5.41) is 4.45. The van der Waals surface area contributed by atoms with Crippen LogP contribution in [-0.4, -0.2) is 31.9 Å². The van der Waals surface area contributed by atoms with E-state index in [2.05, 4.69) is 84.9 Å². The Morgan fingerprint density at radius 1 is 0.521 bits per heavy atom. The first-order valence-corrected chi connectivity index (χ1v) is 16.7. The quantitative estimate of drug-likeness (QED) is 0.121. The van der Waals surface area contributed by atoms with E-state index in [-0.39, 0.29) is 41.3 Å². The molecule has 2 saturated carbocycles. The van der Waals surface area contributed by atoms with Crippen molar-refractivity contribution in [2.75, 3.05) is 14.2 Å². The Kier molecular flexibility index (Phi) is 5.45. The third-order valence-electron chi connectivity index (χ3n) is 12.7. The van der Waals surface area contributed by atoms with Crippen molar-refractivity contribution in [3.63, 3.8) is 0 Å². The number of benzene rings is 5. The molecule has 0 unspecified atom stereocenters. The molecule has 5 nitrogen and oxygen atoms in total. The molecule has 5 aromatic carbocycles. The largest absolute Gasteiger partial charge is 0.466 e. The van der Waals surface area contributed by atoms with Gasteiger partial charge in [-0.15, -0.1) is 0 Å². The molecule has 0 aromatic heterocycles. The van der Waals surface area contributed by atoms with Crippen molar-refractivity contribution in [3.05, 3.63) is 155 Å². The number of ether oxygens (including phenoxy) is 2. The van der Waals surface area contributed by atoms with Crippen molar-refractivity contribution in [2.45, 2.75) is 10.8 Å². The normalized spacial score (nSPS) is 31.8. The van der Waals surface area contributed by atoms with Crippen LogP contribution in [0.25, 0.3) is 21.5 Å². The molecule has 0 spiro atoms. The predicted molar refractivity (Wildman–Crippen MR) is 182 cm³/mol. The first-order chi connectivity index (χ1) is 23.5. The highest BCUT2D eigenvalue weighted by Gasteiger charge is 2.85. The molecule has 5 aromatic rings. The average molecular weight is 629 g/mol. The first kappa shape index (κ1) is 27.8. The highest BCUT2D eigenvalue weighted by atomic mass is 16.5. The topological polar surface area (TPSA) is 69.7 Å². The summed E-state index contributed by atoms with van der Waals surface area (Å²) in [6.07, 6.45) is 4.18. The van der Waals surface area contributed by atoms with Crippen LogP contribution >= 0.6 is 0 Å². The monoisotopic (exact) mass is 628 g/mol. The maximum absolute atomic E-state index is 16.3. The molecule has 0 N–H and O–H groups in total. The number of rotatable bonds is 4. The second kappa shape index (κ2) is 9.41. The zero-order valence-corrected chi connectivity index (χ0v) is 26.6. The van der Waals surface area contributed by atoms with Gasteiger partial charge in [-0.1, -0.05) is 121 Å². The second-order valence-electron chi connectivity index (χ2n) is 14.0. The van der Waals surface area contributed by atoms with Crippen LogP contribution in [0.2, 0.25) is 0 Å². The Labute approximate surface area is 277 Å². The van der Waals surface area contributed by atoms with Gasteiger partial charge in [0.2, 0.25) is 0 Å². The zero-order valence-electron chi connectivity index (χ0n) is 26.6. The number of ketones is 1. The lowest BCUT2D eigenvalue weighted by molar-refractivity contribution is -0.147. The van der Waals surface area contributed by atoms with Gasteiger partial charge in [0.15, 0.2) is 5.78 Å². The van der Waals surface area contributed by atoms with Crippen LogP contribution in [-0.2, 0) is 34.7 Å². The second-order valence-corrected chi connectivity index (χ2v) is 14.0. The summed E-state index contributed by atoms with van der Waals surface area (Å²) in [5.74, 6) is -1.91. The number of hydrogen-bond acceptors (Lipinski definition) is 5. The molecule has 8 atom stereocenters. The van der Waals surface area contributed by atoms with Gasteiger partial charge in [-0.25, -0.2) is 9.59 Å². The van der Waals surface area contributed by atoms with Crippen molar-refractivity contribution in [3.8, 4) is 0 Å². The molecule has 11 rings (SSSR count). The fourth-order valence-electron chi connectivity index (χ4n) is 11.5. The van der Waals surface area contributed by atoms with Crippen LogP contribution in [0.5, 0.6) is 0 Å². The lowest BCUT2D eigenvalue weighted by atomic mass is 9.35. The van der Waals surface area contributed by atoms with E-state index in [1.807, 2.05) is 36.4 Å². The van der Waals surface area contributed by atoms with Gasteiger partial charge >= 0.3 is 11.9 Å². The van der Waals surface area contributed by atoms with Gasteiger partial charge in [-0.2, -0.15) is 0 Å². The molecule has 6 aliphatic rings. The number of Topliss-reactive ketones (excluding diaryl/α,β-unsaturated/α-hetero) is 1. The maximum Gasteiger partial charge on any atom is 0.334 e. The lowest BCUT2D eigenvalue weighted by Gasteiger charge is -2.66. The minimum absolute atomic E-state index is 0.0550. The fourth-order valence-corrected chi connectivity index (χ4v) is 11.5. The Balaban J connectivity index is 1.39. The summed E-state index contributed by atoms with van der Waals surface area (Å²) in [7, 11) is 2.73. The summed E-state index contributed by atoms with van der Waals surface area (Å²) in [4.78, 5) is 43.4. The van der Waals surface area contributed by atoms with E-state index in [4.69, 9.17) is 9.47 Å². The van der Waals surface area contributed by atoms with E-state index >= 15 is 4.79 Å². The van der Waals surface area contributed by atoms with Gasteiger partial charge in [0, 0.05) is 11.8 Å². The van der Waals surface area contributed by atoms with E-state index in [9.17, 15) is 9.59 Å². The van der Waals surface area contributed by atoms with Gasteiger partial charge < -0.3 is 9.47 Å². The molecular formula is C43H32O5.